The van der Waals surface area contributed by atoms with Gasteiger partial charge in [-0.05, 0) is 25.3 Å². The average Bonchev–Trinajstić information content (AvgIpc) is 2.71. The Balaban J connectivity index is 2.20. The summed E-state index contributed by atoms with van der Waals surface area (Å²) in [6.07, 6.45) is 7.10. The van der Waals surface area contributed by atoms with Crippen LogP contribution in [0.25, 0.3) is 0 Å². The van der Waals surface area contributed by atoms with Gasteiger partial charge in [-0.15, -0.1) is 0 Å². The standard InChI is InChI=1S/C13H27NO2/c1-2-7-14(8-9-15)11-13(16)10-12-5-3-4-6-12/h12-13,15-16H,2-11H2,1H3. The van der Waals surface area contributed by atoms with Gasteiger partial charge in [-0.1, -0.05) is 32.6 Å². The molecule has 96 valence electrons. The van der Waals surface area contributed by atoms with Crippen LogP contribution in [0.2, 0.25) is 0 Å². The van der Waals surface area contributed by atoms with E-state index in [0.717, 1.165) is 31.8 Å². The maximum Gasteiger partial charge on any atom is 0.0669 e. The molecule has 16 heavy (non-hydrogen) atoms. The minimum atomic E-state index is -0.207. The molecule has 0 aliphatic heterocycles. The number of nitrogens with zero attached hydrogens (tertiary/aromatic N) is 1. The first-order chi connectivity index (χ1) is 7.76. The zero-order valence-electron chi connectivity index (χ0n) is 10.6. The lowest BCUT2D eigenvalue weighted by molar-refractivity contribution is 0.0818. The Morgan fingerprint density at radius 2 is 1.94 bits per heavy atom. The highest BCUT2D eigenvalue weighted by Crippen LogP contribution is 2.28. The lowest BCUT2D eigenvalue weighted by Crippen LogP contribution is -2.35. The van der Waals surface area contributed by atoms with Crippen molar-refractivity contribution in [2.24, 2.45) is 5.92 Å². The van der Waals surface area contributed by atoms with Gasteiger partial charge >= 0.3 is 0 Å². The molecule has 2 N–H and O–H groups in total. The van der Waals surface area contributed by atoms with E-state index < -0.39 is 0 Å². The highest BCUT2D eigenvalue weighted by Gasteiger charge is 2.20. The summed E-state index contributed by atoms with van der Waals surface area (Å²) in [7, 11) is 0. The summed E-state index contributed by atoms with van der Waals surface area (Å²) in [5, 5.41) is 18.9. The molecule has 0 amide bonds. The third-order valence-electron chi connectivity index (χ3n) is 3.51. The van der Waals surface area contributed by atoms with E-state index in [-0.39, 0.29) is 12.7 Å². The predicted octanol–water partition coefficient (Wildman–Crippen LogP) is 1.63. The number of aliphatic hydroxyl groups excluding tert-OH is 2. The molecule has 0 aromatic rings. The van der Waals surface area contributed by atoms with Crippen molar-refractivity contribution in [3.05, 3.63) is 0 Å². The van der Waals surface area contributed by atoms with E-state index in [1.807, 2.05) is 0 Å². The lowest BCUT2D eigenvalue weighted by atomic mass is 10.00. The van der Waals surface area contributed by atoms with Crippen LogP contribution in [0.1, 0.15) is 45.4 Å². The summed E-state index contributed by atoms with van der Waals surface area (Å²) in [5.74, 6) is 0.743. The second kappa shape index (κ2) is 8.04. The molecule has 0 aromatic heterocycles. The normalized spacial score (nSPS) is 19.5. The Hall–Kier alpha value is -0.120. The predicted molar refractivity (Wildman–Crippen MR) is 66.4 cm³/mol. The quantitative estimate of drug-likeness (QED) is 0.665. The Morgan fingerprint density at radius 3 is 2.50 bits per heavy atom. The molecule has 1 rings (SSSR count). The van der Waals surface area contributed by atoms with Crippen molar-refractivity contribution in [3.8, 4) is 0 Å². The summed E-state index contributed by atoms with van der Waals surface area (Å²) >= 11 is 0. The number of rotatable bonds is 8. The summed E-state index contributed by atoms with van der Waals surface area (Å²) < 4.78 is 0. The van der Waals surface area contributed by atoms with E-state index in [9.17, 15) is 5.11 Å². The molecule has 1 saturated carbocycles. The Labute approximate surface area is 99.5 Å². The maximum atomic E-state index is 10.0. The topological polar surface area (TPSA) is 43.7 Å². The van der Waals surface area contributed by atoms with Gasteiger partial charge in [0.1, 0.15) is 0 Å². The lowest BCUT2D eigenvalue weighted by Gasteiger charge is -2.25. The SMILES string of the molecule is CCCN(CCO)CC(O)CC1CCCC1. The van der Waals surface area contributed by atoms with E-state index in [4.69, 9.17) is 5.11 Å². The van der Waals surface area contributed by atoms with E-state index in [2.05, 4.69) is 11.8 Å². The van der Waals surface area contributed by atoms with Crippen LogP contribution in [-0.2, 0) is 0 Å². The zero-order chi connectivity index (χ0) is 11.8. The molecule has 3 nitrogen and oxygen atoms in total. The van der Waals surface area contributed by atoms with Crippen molar-refractivity contribution in [2.75, 3.05) is 26.2 Å². The molecule has 1 atom stereocenters. The minimum absolute atomic E-state index is 0.191. The third-order valence-corrected chi connectivity index (χ3v) is 3.51. The minimum Gasteiger partial charge on any atom is -0.395 e. The summed E-state index contributed by atoms with van der Waals surface area (Å²) in [6, 6.07) is 0. The van der Waals surface area contributed by atoms with Crippen LogP contribution < -0.4 is 0 Å². The molecule has 0 saturated heterocycles. The van der Waals surface area contributed by atoms with Gasteiger partial charge in [-0.2, -0.15) is 0 Å². The highest BCUT2D eigenvalue weighted by molar-refractivity contribution is 4.73. The Bertz CT molecular complexity index is 163. The van der Waals surface area contributed by atoms with E-state index in [0.29, 0.717) is 6.54 Å². The first kappa shape index (κ1) is 13.9. The second-order valence-corrected chi connectivity index (χ2v) is 5.06. The van der Waals surface area contributed by atoms with Crippen molar-refractivity contribution in [1.82, 2.24) is 4.90 Å². The van der Waals surface area contributed by atoms with Crippen LogP contribution in [0, 0.1) is 5.92 Å². The summed E-state index contributed by atoms with van der Waals surface area (Å²) in [4.78, 5) is 2.17. The van der Waals surface area contributed by atoms with Gasteiger partial charge in [0.15, 0.2) is 0 Å². The molecule has 3 heteroatoms. The number of hydrogen-bond donors (Lipinski definition) is 2. The van der Waals surface area contributed by atoms with Crippen LogP contribution in [0.4, 0.5) is 0 Å². The molecule has 0 radical (unpaired) electrons. The van der Waals surface area contributed by atoms with Crippen molar-refractivity contribution in [3.63, 3.8) is 0 Å². The van der Waals surface area contributed by atoms with Crippen LogP contribution in [-0.4, -0.2) is 47.5 Å². The van der Waals surface area contributed by atoms with Crippen molar-refractivity contribution in [1.29, 1.82) is 0 Å². The highest BCUT2D eigenvalue weighted by atomic mass is 16.3. The Morgan fingerprint density at radius 1 is 1.25 bits per heavy atom. The van der Waals surface area contributed by atoms with Gasteiger partial charge in [0.25, 0.3) is 0 Å². The van der Waals surface area contributed by atoms with Gasteiger partial charge in [-0.3, -0.25) is 4.90 Å². The molecule has 0 spiro atoms. The fourth-order valence-corrected chi connectivity index (χ4v) is 2.76. The summed E-state index contributed by atoms with van der Waals surface area (Å²) in [5.41, 5.74) is 0. The molecule has 0 bridgehead atoms. The molecule has 0 aromatic carbocycles. The smallest absolute Gasteiger partial charge is 0.0669 e. The maximum absolute atomic E-state index is 10.0. The van der Waals surface area contributed by atoms with Crippen molar-refractivity contribution >= 4 is 0 Å². The molecular formula is C13H27NO2. The molecular weight excluding hydrogens is 202 g/mol. The van der Waals surface area contributed by atoms with Gasteiger partial charge in [0.05, 0.1) is 12.7 Å². The first-order valence-electron chi connectivity index (χ1n) is 6.77. The molecule has 1 aliphatic rings. The van der Waals surface area contributed by atoms with Crippen molar-refractivity contribution in [2.45, 2.75) is 51.6 Å². The van der Waals surface area contributed by atoms with Crippen molar-refractivity contribution < 1.29 is 10.2 Å². The van der Waals surface area contributed by atoms with Gasteiger partial charge in [0, 0.05) is 13.1 Å². The zero-order valence-corrected chi connectivity index (χ0v) is 10.6. The number of aliphatic hydroxyl groups is 2. The molecule has 1 aliphatic carbocycles. The fourth-order valence-electron chi connectivity index (χ4n) is 2.76. The van der Waals surface area contributed by atoms with E-state index in [1.54, 1.807) is 0 Å². The second-order valence-electron chi connectivity index (χ2n) is 5.06. The molecule has 1 unspecified atom stereocenters. The first-order valence-corrected chi connectivity index (χ1v) is 6.77. The Kier molecular flexibility index (Phi) is 7.01. The number of hydrogen-bond acceptors (Lipinski definition) is 3. The molecule has 1 fully saturated rings. The average molecular weight is 229 g/mol. The van der Waals surface area contributed by atoms with E-state index in [1.165, 1.54) is 25.7 Å². The van der Waals surface area contributed by atoms with E-state index >= 15 is 0 Å². The fraction of sp³-hybridized carbons (Fsp3) is 1.00. The van der Waals surface area contributed by atoms with Crippen LogP contribution in [0.15, 0.2) is 0 Å². The van der Waals surface area contributed by atoms with Gasteiger partial charge in [-0.25, -0.2) is 0 Å². The van der Waals surface area contributed by atoms with Gasteiger partial charge < -0.3 is 10.2 Å². The third kappa shape index (κ3) is 5.28. The monoisotopic (exact) mass is 229 g/mol. The molecule has 0 heterocycles. The largest absolute Gasteiger partial charge is 0.395 e. The van der Waals surface area contributed by atoms with Crippen LogP contribution in [0.3, 0.4) is 0 Å². The van der Waals surface area contributed by atoms with Crippen LogP contribution >= 0.6 is 0 Å². The summed E-state index contributed by atoms with van der Waals surface area (Å²) in [6.45, 7) is 4.71. The van der Waals surface area contributed by atoms with Crippen LogP contribution in [0.5, 0.6) is 0 Å². The van der Waals surface area contributed by atoms with Gasteiger partial charge in [0.2, 0.25) is 0 Å².